The van der Waals surface area contributed by atoms with E-state index in [2.05, 4.69) is 20.9 Å². The summed E-state index contributed by atoms with van der Waals surface area (Å²) in [6.07, 6.45) is 3.16. The van der Waals surface area contributed by atoms with Crippen LogP contribution >= 0.6 is 50.5 Å². The Morgan fingerprint density at radius 2 is 1.96 bits per heavy atom. The van der Waals surface area contributed by atoms with Gasteiger partial charge in [-0.15, -0.1) is 11.3 Å². The second-order valence-corrected chi connectivity index (χ2v) is 10.0. The van der Waals surface area contributed by atoms with E-state index in [1.165, 1.54) is 29.7 Å². The van der Waals surface area contributed by atoms with Crippen molar-refractivity contribution in [2.24, 2.45) is 0 Å². The fourth-order valence-electron chi connectivity index (χ4n) is 2.76. The molecule has 0 fully saturated rings. The van der Waals surface area contributed by atoms with E-state index in [1.54, 1.807) is 29.9 Å². The van der Waals surface area contributed by atoms with Crippen LogP contribution in [0.3, 0.4) is 0 Å². The third-order valence-electron chi connectivity index (χ3n) is 3.96. The Morgan fingerprint density at radius 3 is 2.67 bits per heavy atom. The molecule has 4 rings (SSSR count). The van der Waals surface area contributed by atoms with Crippen molar-refractivity contribution in [1.82, 2.24) is 8.96 Å². The van der Waals surface area contributed by atoms with Gasteiger partial charge in [-0.1, -0.05) is 39.1 Å². The van der Waals surface area contributed by atoms with Gasteiger partial charge < -0.3 is 5.11 Å². The highest BCUT2D eigenvalue weighted by Crippen LogP contribution is 2.39. The number of rotatable bonds is 3. The number of phenolic OH excluding ortho intramolecular Hbond substituents is 1. The number of aromatic nitrogens is 2. The molecule has 0 saturated carbocycles. The van der Waals surface area contributed by atoms with Gasteiger partial charge in [0.25, 0.3) is 10.0 Å². The SMILES string of the molecule is O=S(=O)(c1cc(Br)cc(Cl)c1O)n1cc(-c2cncs2)c2cc(Cl)ccc21. The van der Waals surface area contributed by atoms with Crippen molar-refractivity contribution >= 4 is 71.4 Å². The molecule has 0 bridgehead atoms. The maximum atomic E-state index is 13.3. The lowest BCUT2D eigenvalue weighted by Crippen LogP contribution is -2.12. The van der Waals surface area contributed by atoms with Crippen molar-refractivity contribution in [2.45, 2.75) is 4.90 Å². The van der Waals surface area contributed by atoms with Gasteiger partial charge in [-0.25, -0.2) is 12.4 Å². The summed E-state index contributed by atoms with van der Waals surface area (Å²) in [6, 6.07) is 7.67. The van der Waals surface area contributed by atoms with E-state index in [0.29, 0.717) is 26.0 Å². The third kappa shape index (κ3) is 3.15. The first-order valence-corrected chi connectivity index (χ1v) is 11.3. The third-order valence-corrected chi connectivity index (χ3v) is 7.43. The summed E-state index contributed by atoms with van der Waals surface area (Å²) in [5.41, 5.74) is 2.77. The second kappa shape index (κ2) is 6.79. The molecule has 2 aromatic heterocycles. The molecule has 0 aliphatic carbocycles. The molecule has 0 saturated heterocycles. The summed E-state index contributed by atoms with van der Waals surface area (Å²) in [5, 5.41) is 11.3. The van der Waals surface area contributed by atoms with Crippen LogP contribution in [0.4, 0.5) is 0 Å². The smallest absolute Gasteiger partial charge is 0.271 e. The number of hydrogen-bond donors (Lipinski definition) is 1. The lowest BCUT2D eigenvalue weighted by atomic mass is 10.1. The summed E-state index contributed by atoms with van der Waals surface area (Å²) < 4.78 is 28.2. The van der Waals surface area contributed by atoms with E-state index >= 15 is 0 Å². The Balaban J connectivity index is 2.05. The van der Waals surface area contributed by atoms with Crippen molar-refractivity contribution in [2.75, 3.05) is 0 Å². The number of halogens is 3. The average Bonchev–Trinajstić information content (AvgIpc) is 3.25. The lowest BCUT2D eigenvalue weighted by Gasteiger charge is -2.11. The fraction of sp³-hybridized carbons (Fsp3) is 0. The van der Waals surface area contributed by atoms with Gasteiger partial charge in [0.1, 0.15) is 4.90 Å². The van der Waals surface area contributed by atoms with E-state index in [4.69, 9.17) is 23.2 Å². The fourth-order valence-corrected chi connectivity index (χ4v) is 6.10. The van der Waals surface area contributed by atoms with E-state index < -0.39 is 15.8 Å². The summed E-state index contributed by atoms with van der Waals surface area (Å²) >= 11 is 16.7. The van der Waals surface area contributed by atoms with Crippen LogP contribution in [0.5, 0.6) is 5.75 Å². The molecule has 138 valence electrons. The van der Waals surface area contributed by atoms with Gasteiger partial charge in [0.2, 0.25) is 0 Å². The Kier molecular flexibility index (Phi) is 4.72. The standard InChI is InChI=1S/C17H9BrCl2N2O3S2/c18-9-3-13(20)17(23)16(4-9)27(24,25)22-7-12(15-6-21-8-26-15)11-5-10(19)1-2-14(11)22/h1-8,23H. The number of nitrogens with zero attached hydrogens (tertiary/aromatic N) is 2. The van der Waals surface area contributed by atoms with E-state index in [0.717, 1.165) is 8.85 Å². The van der Waals surface area contributed by atoms with Crippen molar-refractivity contribution in [3.63, 3.8) is 0 Å². The molecule has 4 aromatic rings. The van der Waals surface area contributed by atoms with E-state index in [1.807, 2.05) is 0 Å². The van der Waals surface area contributed by atoms with Crippen LogP contribution in [0.1, 0.15) is 0 Å². The quantitative estimate of drug-likeness (QED) is 0.384. The number of benzene rings is 2. The minimum absolute atomic E-state index is 0.0647. The molecule has 0 aliphatic heterocycles. The Morgan fingerprint density at radius 1 is 1.19 bits per heavy atom. The molecule has 0 unspecified atom stereocenters. The van der Waals surface area contributed by atoms with E-state index in [-0.39, 0.29) is 9.92 Å². The molecule has 0 aliphatic rings. The molecule has 2 heterocycles. The van der Waals surface area contributed by atoms with Crippen molar-refractivity contribution in [3.05, 3.63) is 62.8 Å². The molecule has 5 nitrogen and oxygen atoms in total. The number of thiazole rings is 1. The first-order valence-electron chi connectivity index (χ1n) is 7.42. The molecule has 2 aromatic carbocycles. The van der Waals surface area contributed by atoms with Crippen LogP contribution in [0.2, 0.25) is 10.0 Å². The van der Waals surface area contributed by atoms with Crippen LogP contribution in [-0.2, 0) is 10.0 Å². The molecule has 27 heavy (non-hydrogen) atoms. The minimum atomic E-state index is -4.13. The number of aromatic hydroxyl groups is 1. The molecule has 0 amide bonds. The largest absolute Gasteiger partial charge is 0.505 e. The molecule has 0 atom stereocenters. The predicted molar refractivity (Wildman–Crippen MR) is 111 cm³/mol. The Bertz CT molecular complexity index is 1290. The molecule has 1 N–H and O–H groups in total. The van der Waals surface area contributed by atoms with Gasteiger partial charge >= 0.3 is 0 Å². The van der Waals surface area contributed by atoms with Crippen LogP contribution in [0, 0.1) is 0 Å². The second-order valence-electron chi connectivity index (χ2n) is 5.61. The van der Waals surface area contributed by atoms with Gasteiger partial charge in [-0.2, -0.15) is 0 Å². The number of fused-ring (bicyclic) bond motifs is 1. The average molecular weight is 504 g/mol. The maximum Gasteiger partial charge on any atom is 0.271 e. The molecule has 0 spiro atoms. The minimum Gasteiger partial charge on any atom is -0.505 e. The van der Waals surface area contributed by atoms with Gasteiger partial charge in [0.15, 0.2) is 5.75 Å². The molecule has 10 heteroatoms. The van der Waals surface area contributed by atoms with Gasteiger partial charge in [-0.3, -0.25) is 4.98 Å². The Hall–Kier alpha value is -1.58. The van der Waals surface area contributed by atoms with E-state index in [9.17, 15) is 13.5 Å². The number of phenols is 1. The zero-order chi connectivity index (χ0) is 19.3. The molecular formula is C17H9BrCl2N2O3S2. The van der Waals surface area contributed by atoms with Crippen molar-refractivity contribution in [3.8, 4) is 16.2 Å². The first kappa shape index (κ1) is 18.8. The Labute approximate surface area is 177 Å². The van der Waals surface area contributed by atoms with Gasteiger partial charge in [-0.05, 0) is 30.3 Å². The van der Waals surface area contributed by atoms with Crippen molar-refractivity contribution in [1.29, 1.82) is 0 Å². The normalized spacial score (nSPS) is 12.0. The first-order chi connectivity index (χ1) is 12.8. The van der Waals surface area contributed by atoms with Crippen LogP contribution in [-0.4, -0.2) is 22.5 Å². The van der Waals surface area contributed by atoms with Crippen molar-refractivity contribution < 1.29 is 13.5 Å². The van der Waals surface area contributed by atoms with Crippen LogP contribution < -0.4 is 0 Å². The lowest BCUT2D eigenvalue weighted by molar-refractivity contribution is 0.458. The summed E-state index contributed by atoms with van der Waals surface area (Å²) in [5.74, 6) is -0.505. The summed E-state index contributed by atoms with van der Waals surface area (Å²) in [4.78, 5) is 4.56. The zero-order valence-corrected chi connectivity index (χ0v) is 18.0. The highest BCUT2D eigenvalue weighted by atomic mass is 79.9. The van der Waals surface area contributed by atoms with Gasteiger partial charge in [0, 0.05) is 32.8 Å². The number of hydrogen-bond acceptors (Lipinski definition) is 5. The predicted octanol–water partition coefficient (Wildman–Crippen LogP) is 5.78. The highest BCUT2D eigenvalue weighted by molar-refractivity contribution is 9.10. The van der Waals surface area contributed by atoms with Crippen LogP contribution in [0.15, 0.2) is 57.6 Å². The topological polar surface area (TPSA) is 72.2 Å². The molecular weight excluding hydrogens is 495 g/mol. The monoisotopic (exact) mass is 502 g/mol. The summed E-state index contributed by atoms with van der Waals surface area (Å²) in [6.45, 7) is 0. The highest BCUT2D eigenvalue weighted by Gasteiger charge is 2.27. The molecule has 0 radical (unpaired) electrons. The zero-order valence-electron chi connectivity index (χ0n) is 13.2. The van der Waals surface area contributed by atoms with Crippen LogP contribution in [0.25, 0.3) is 21.3 Å². The maximum absolute atomic E-state index is 13.3. The summed E-state index contributed by atoms with van der Waals surface area (Å²) in [7, 11) is -4.13. The van der Waals surface area contributed by atoms with Gasteiger partial charge in [0.05, 0.1) is 20.9 Å².